The standard InChI is InChI=1S/C11H14BrNO2/c12-9-1-3-10(4-2-9)13-5-6-15-11-7-14-8-11/h1-4,11,13H,5-8H2. The van der Waals surface area contributed by atoms with Gasteiger partial charge in [0.05, 0.1) is 19.8 Å². The van der Waals surface area contributed by atoms with E-state index in [-0.39, 0.29) is 0 Å². The van der Waals surface area contributed by atoms with Crippen molar-refractivity contribution in [3.8, 4) is 0 Å². The van der Waals surface area contributed by atoms with Crippen LogP contribution in [0.4, 0.5) is 5.69 Å². The van der Waals surface area contributed by atoms with Gasteiger partial charge in [-0.1, -0.05) is 15.9 Å². The molecule has 1 saturated heterocycles. The Morgan fingerprint density at radius 1 is 1.33 bits per heavy atom. The molecule has 0 saturated carbocycles. The highest BCUT2D eigenvalue weighted by molar-refractivity contribution is 9.10. The lowest BCUT2D eigenvalue weighted by molar-refractivity contribution is -0.127. The number of hydrogen-bond donors (Lipinski definition) is 1. The van der Waals surface area contributed by atoms with Gasteiger partial charge in [0.2, 0.25) is 0 Å². The second-order valence-corrected chi connectivity index (χ2v) is 4.38. The summed E-state index contributed by atoms with van der Waals surface area (Å²) in [6.07, 6.45) is 0.316. The highest BCUT2D eigenvalue weighted by Gasteiger charge is 2.17. The van der Waals surface area contributed by atoms with E-state index in [1.807, 2.05) is 24.3 Å². The zero-order valence-electron chi connectivity index (χ0n) is 8.41. The maximum absolute atomic E-state index is 5.53. The zero-order valence-corrected chi connectivity index (χ0v) is 10.00. The number of benzene rings is 1. The first-order valence-corrected chi connectivity index (χ1v) is 5.83. The Labute approximate surface area is 97.9 Å². The predicted octanol–water partition coefficient (Wildman–Crippen LogP) is 2.28. The topological polar surface area (TPSA) is 30.5 Å². The van der Waals surface area contributed by atoms with Crippen molar-refractivity contribution in [2.75, 3.05) is 31.7 Å². The molecule has 1 aliphatic rings. The normalized spacial score (nSPS) is 16.1. The summed E-state index contributed by atoms with van der Waals surface area (Å²) in [5, 5.41) is 3.29. The van der Waals surface area contributed by atoms with Crippen molar-refractivity contribution in [1.29, 1.82) is 0 Å². The zero-order chi connectivity index (χ0) is 10.5. The minimum Gasteiger partial charge on any atom is -0.383 e. The van der Waals surface area contributed by atoms with Crippen LogP contribution in [0, 0.1) is 0 Å². The van der Waals surface area contributed by atoms with E-state index >= 15 is 0 Å². The Morgan fingerprint density at radius 3 is 2.67 bits per heavy atom. The van der Waals surface area contributed by atoms with Crippen LogP contribution in [-0.2, 0) is 9.47 Å². The molecular formula is C11H14BrNO2. The highest BCUT2D eigenvalue weighted by atomic mass is 79.9. The number of rotatable bonds is 5. The van der Waals surface area contributed by atoms with Crippen molar-refractivity contribution >= 4 is 21.6 Å². The van der Waals surface area contributed by atoms with Gasteiger partial charge >= 0.3 is 0 Å². The van der Waals surface area contributed by atoms with Crippen molar-refractivity contribution < 1.29 is 9.47 Å². The Hall–Kier alpha value is -0.580. The Bertz CT molecular complexity index is 298. The molecular weight excluding hydrogens is 258 g/mol. The third-order valence-corrected chi connectivity index (χ3v) is 2.77. The largest absolute Gasteiger partial charge is 0.383 e. The Morgan fingerprint density at radius 2 is 2.07 bits per heavy atom. The van der Waals surface area contributed by atoms with Crippen LogP contribution in [0.3, 0.4) is 0 Å². The third-order valence-electron chi connectivity index (χ3n) is 2.24. The van der Waals surface area contributed by atoms with Gasteiger partial charge in [-0.05, 0) is 24.3 Å². The minimum absolute atomic E-state index is 0.316. The van der Waals surface area contributed by atoms with E-state index in [1.54, 1.807) is 0 Å². The van der Waals surface area contributed by atoms with Gasteiger partial charge < -0.3 is 14.8 Å². The van der Waals surface area contributed by atoms with Crippen LogP contribution in [0.2, 0.25) is 0 Å². The lowest BCUT2D eigenvalue weighted by Gasteiger charge is -2.26. The van der Waals surface area contributed by atoms with Gasteiger partial charge in [-0.25, -0.2) is 0 Å². The average molecular weight is 272 g/mol. The van der Waals surface area contributed by atoms with Gasteiger partial charge in [-0.2, -0.15) is 0 Å². The van der Waals surface area contributed by atoms with Crippen molar-refractivity contribution in [1.82, 2.24) is 0 Å². The van der Waals surface area contributed by atoms with Crippen LogP contribution >= 0.6 is 15.9 Å². The molecule has 1 aliphatic heterocycles. The van der Waals surface area contributed by atoms with E-state index in [9.17, 15) is 0 Å². The van der Waals surface area contributed by atoms with Crippen molar-refractivity contribution in [3.63, 3.8) is 0 Å². The van der Waals surface area contributed by atoms with E-state index in [1.165, 1.54) is 0 Å². The predicted molar refractivity (Wildman–Crippen MR) is 63.2 cm³/mol. The van der Waals surface area contributed by atoms with Gasteiger partial charge in [-0.3, -0.25) is 0 Å². The molecule has 0 radical (unpaired) electrons. The summed E-state index contributed by atoms with van der Waals surface area (Å²) in [6.45, 7) is 3.05. The fourth-order valence-corrected chi connectivity index (χ4v) is 1.56. The molecule has 2 rings (SSSR count). The van der Waals surface area contributed by atoms with Gasteiger partial charge in [-0.15, -0.1) is 0 Å². The maximum atomic E-state index is 5.53. The van der Waals surface area contributed by atoms with E-state index in [0.717, 1.165) is 36.5 Å². The highest BCUT2D eigenvalue weighted by Crippen LogP contribution is 2.13. The number of anilines is 1. The molecule has 1 aromatic carbocycles. The van der Waals surface area contributed by atoms with Gasteiger partial charge in [0.1, 0.15) is 6.10 Å². The van der Waals surface area contributed by atoms with Crippen LogP contribution < -0.4 is 5.32 Å². The molecule has 0 aromatic heterocycles. The number of hydrogen-bond acceptors (Lipinski definition) is 3. The monoisotopic (exact) mass is 271 g/mol. The molecule has 0 unspecified atom stereocenters. The van der Waals surface area contributed by atoms with Crippen molar-refractivity contribution in [2.45, 2.75) is 6.10 Å². The molecule has 82 valence electrons. The Kier molecular flexibility index (Phi) is 4.00. The lowest BCUT2D eigenvalue weighted by atomic mass is 10.3. The van der Waals surface area contributed by atoms with Crippen LogP contribution in [0.15, 0.2) is 28.7 Å². The average Bonchev–Trinajstić information content (AvgIpc) is 2.18. The fourth-order valence-electron chi connectivity index (χ4n) is 1.30. The van der Waals surface area contributed by atoms with E-state index in [4.69, 9.17) is 9.47 Å². The summed E-state index contributed by atoms with van der Waals surface area (Å²) < 4.78 is 11.6. The fraction of sp³-hybridized carbons (Fsp3) is 0.455. The summed E-state index contributed by atoms with van der Waals surface area (Å²) in [7, 11) is 0. The summed E-state index contributed by atoms with van der Waals surface area (Å²) >= 11 is 3.40. The second kappa shape index (κ2) is 5.49. The molecule has 1 fully saturated rings. The van der Waals surface area contributed by atoms with Gasteiger partial charge in [0.15, 0.2) is 0 Å². The SMILES string of the molecule is Brc1ccc(NCCOC2COC2)cc1. The van der Waals surface area contributed by atoms with E-state index in [2.05, 4.69) is 21.2 Å². The quantitative estimate of drug-likeness (QED) is 0.834. The van der Waals surface area contributed by atoms with Gasteiger partial charge in [0, 0.05) is 16.7 Å². The molecule has 0 aliphatic carbocycles. The van der Waals surface area contributed by atoms with Crippen LogP contribution in [0.25, 0.3) is 0 Å². The number of ether oxygens (including phenoxy) is 2. The first-order valence-electron chi connectivity index (χ1n) is 5.03. The summed E-state index contributed by atoms with van der Waals surface area (Å²) in [5.41, 5.74) is 1.12. The van der Waals surface area contributed by atoms with Crippen LogP contribution in [0.5, 0.6) is 0 Å². The molecule has 4 heteroatoms. The van der Waals surface area contributed by atoms with Crippen molar-refractivity contribution in [2.24, 2.45) is 0 Å². The van der Waals surface area contributed by atoms with Crippen LogP contribution in [-0.4, -0.2) is 32.5 Å². The molecule has 0 spiro atoms. The second-order valence-electron chi connectivity index (χ2n) is 3.46. The molecule has 1 heterocycles. The number of nitrogens with one attached hydrogen (secondary N) is 1. The Balaban J connectivity index is 1.62. The molecule has 0 atom stereocenters. The number of halogens is 1. The molecule has 15 heavy (non-hydrogen) atoms. The first kappa shape index (κ1) is 10.9. The lowest BCUT2D eigenvalue weighted by Crippen LogP contribution is -2.37. The molecule has 0 bridgehead atoms. The van der Waals surface area contributed by atoms with E-state index < -0.39 is 0 Å². The minimum atomic E-state index is 0.316. The van der Waals surface area contributed by atoms with E-state index in [0.29, 0.717) is 6.10 Å². The molecule has 0 amide bonds. The smallest absolute Gasteiger partial charge is 0.104 e. The third kappa shape index (κ3) is 3.48. The molecule has 1 aromatic rings. The van der Waals surface area contributed by atoms with Gasteiger partial charge in [0.25, 0.3) is 0 Å². The van der Waals surface area contributed by atoms with Crippen molar-refractivity contribution in [3.05, 3.63) is 28.7 Å². The summed E-state index contributed by atoms with van der Waals surface area (Å²) in [4.78, 5) is 0. The molecule has 3 nitrogen and oxygen atoms in total. The summed E-state index contributed by atoms with van der Waals surface area (Å²) in [6, 6.07) is 8.11. The summed E-state index contributed by atoms with van der Waals surface area (Å²) in [5.74, 6) is 0. The molecule has 1 N–H and O–H groups in total. The maximum Gasteiger partial charge on any atom is 0.104 e. The first-order chi connectivity index (χ1) is 7.34. The van der Waals surface area contributed by atoms with Crippen LogP contribution in [0.1, 0.15) is 0 Å².